The van der Waals surface area contributed by atoms with Gasteiger partial charge in [-0.05, 0) is 42.3 Å². The van der Waals surface area contributed by atoms with Crippen molar-refractivity contribution in [2.45, 2.75) is 6.92 Å². The maximum atomic E-state index is 14.0. The van der Waals surface area contributed by atoms with E-state index in [1.165, 1.54) is 18.5 Å². The number of hydrogen-bond donors (Lipinski definition) is 2. The minimum atomic E-state index is -0.284. The van der Waals surface area contributed by atoms with Crippen LogP contribution in [-0.4, -0.2) is 40.1 Å². The number of aromatic amines is 2. The van der Waals surface area contributed by atoms with Crippen LogP contribution in [0.25, 0.3) is 56.0 Å². The molecule has 6 aromatic rings. The monoisotopic (exact) mass is 422 g/mol. The number of nitrogens with zero attached hydrogens (tertiary/aromatic N) is 6. The van der Waals surface area contributed by atoms with E-state index in [0.29, 0.717) is 22.8 Å². The number of hydrogen-bond acceptors (Lipinski definition) is 6. The summed E-state index contributed by atoms with van der Waals surface area (Å²) >= 11 is 0. The van der Waals surface area contributed by atoms with E-state index in [4.69, 9.17) is 0 Å². The minimum Gasteiger partial charge on any atom is -0.335 e. The zero-order chi connectivity index (χ0) is 21.7. The third-order valence-electron chi connectivity index (χ3n) is 5.29. The van der Waals surface area contributed by atoms with Crippen LogP contribution in [0, 0.1) is 12.7 Å². The summed E-state index contributed by atoms with van der Waals surface area (Å²) in [6.45, 7) is 1.86. The van der Waals surface area contributed by atoms with Crippen molar-refractivity contribution in [3.63, 3.8) is 0 Å². The van der Waals surface area contributed by atoms with Gasteiger partial charge in [-0.1, -0.05) is 6.07 Å². The van der Waals surface area contributed by atoms with Crippen LogP contribution in [0.5, 0.6) is 0 Å². The number of aromatic nitrogens is 8. The molecule has 0 amide bonds. The molecular formula is C23H15FN8. The fraction of sp³-hybridized carbons (Fsp3) is 0.0435. The van der Waals surface area contributed by atoms with Crippen molar-refractivity contribution in [3.05, 3.63) is 72.8 Å². The summed E-state index contributed by atoms with van der Waals surface area (Å²) in [4.78, 5) is 25.0. The molecular weight excluding hydrogens is 407 g/mol. The van der Waals surface area contributed by atoms with Gasteiger partial charge in [0.15, 0.2) is 17.1 Å². The Morgan fingerprint density at radius 3 is 2.59 bits per heavy atom. The number of benzene rings is 1. The van der Waals surface area contributed by atoms with Crippen molar-refractivity contribution in [2.24, 2.45) is 0 Å². The molecule has 154 valence electrons. The first-order valence-electron chi connectivity index (χ1n) is 9.88. The highest BCUT2D eigenvalue weighted by Gasteiger charge is 2.17. The first-order chi connectivity index (χ1) is 15.7. The number of imidazole rings is 1. The molecule has 0 saturated heterocycles. The average Bonchev–Trinajstić information content (AvgIpc) is 3.42. The molecule has 0 aliphatic carbocycles. The quantitative estimate of drug-likeness (QED) is 0.436. The Hall–Kier alpha value is -4.53. The lowest BCUT2D eigenvalue weighted by atomic mass is 10.0. The van der Waals surface area contributed by atoms with Crippen LogP contribution in [0.4, 0.5) is 4.39 Å². The Morgan fingerprint density at radius 2 is 1.75 bits per heavy atom. The molecule has 0 spiro atoms. The summed E-state index contributed by atoms with van der Waals surface area (Å²) in [6.07, 6.45) is 8.35. The number of halogens is 1. The van der Waals surface area contributed by atoms with Gasteiger partial charge in [-0.2, -0.15) is 5.10 Å². The Bertz CT molecular complexity index is 1580. The first-order valence-corrected chi connectivity index (χ1v) is 9.88. The average molecular weight is 422 g/mol. The summed E-state index contributed by atoms with van der Waals surface area (Å²) in [7, 11) is 0. The van der Waals surface area contributed by atoms with Crippen LogP contribution in [0.15, 0.2) is 61.4 Å². The van der Waals surface area contributed by atoms with Crippen LogP contribution in [0.1, 0.15) is 5.56 Å². The van der Waals surface area contributed by atoms with Crippen molar-refractivity contribution in [2.75, 3.05) is 0 Å². The maximum absolute atomic E-state index is 14.0. The minimum absolute atomic E-state index is 0.284. The molecule has 5 aromatic heterocycles. The predicted molar refractivity (Wildman–Crippen MR) is 118 cm³/mol. The van der Waals surface area contributed by atoms with Crippen molar-refractivity contribution < 1.29 is 4.39 Å². The van der Waals surface area contributed by atoms with Gasteiger partial charge in [0.2, 0.25) is 0 Å². The van der Waals surface area contributed by atoms with Crippen LogP contribution in [-0.2, 0) is 0 Å². The molecule has 32 heavy (non-hydrogen) atoms. The van der Waals surface area contributed by atoms with Gasteiger partial charge in [-0.25, -0.2) is 29.3 Å². The molecule has 0 fully saturated rings. The molecule has 6 rings (SSSR count). The van der Waals surface area contributed by atoms with Crippen LogP contribution in [0.2, 0.25) is 0 Å². The zero-order valence-electron chi connectivity index (χ0n) is 16.8. The van der Waals surface area contributed by atoms with Gasteiger partial charge >= 0.3 is 0 Å². The molecule has 0 bridgehead atoms. The smallest absolute Gasteiger partial charge is 0.181 e. The van der Waals surface area contributed by atoms with E-state index in [2.05, 4.69) is 40.1 Å². The van der Waals surface area contributed by atoms with Gasteiger partial charge in [0.1, 0.15) is 17.8 Å². The highest BCUT2D eigenvalue weighted by Crippen LogP contribution is 2.32. The number of aryl methyl sites for hydroxylation is 1. The van der Waals surface area contributed by atoms with Gasteiger partial charge in [0.05, 0.1) is 10.9 Å². The van der Waals surface area contributed by atoms with Crippen LogP contribution >= 0.6 is 0 Å². The van der Waals surface area contributed by atoms with E-state index in [1.807, 2.05) is 25.1 Å². The highest BCUT2D eigenvalue weighted by molar-refractivity contribution is 5.96. The second kappa shape index (κ2) is 7.02. The van der Waals surface area contributed by atoms with Crippen molar-refractivity contribution in [1.29, 1.82) is 0 Å². The summed E-state index contributed by atoms with van der Waals surface area (Å²) in [5.74, 6) is 0.284. The number of nitrogens with one attached hydrogen (secondary N) is 2. The fourth-order valence-electron chi connectivity index (χ4n) is 3.85. The molecule has 0 saturated carbocycles. The van der Waals surface area contributed by atoms with E-state index in [1.54, 1.807) is 24.8 Å². The largest absolute Gasteiger partial charge is 0.335 e. The van der Waals surface area contributed by atoms with E-state index in [-0.39, 0.29) is 5.82 Å². The SMILES string of the molecule is Cc1cc(F)cc(-c2ccnc3nc(-c4[nH]nc5ncc(-c6cncnc6)cc45)[nH]c23)c1. The number of rotatable bonds is 3. The number of H-pyrrole nitrogens is 2. The van der Waals surface area contributed by atoms with Gasteiger partial charge in [0, 0.05) is 41.5 Å². The predicted octanol–water partition coefficient (Wildman–Crippen LogP) is 4.47. The lowest BCUT2D eigenvalue weighted by molar-refractivity contribution is 0.627. The van der Waals surface area contributed by atoms with Crippen molar-refractivity contribution >= 4 is 22.2 Å². The summed E-state index contributed by atoms with van der Waals surface area (Å²) < 4.78 is 14.0. The molecule has 0 aliphatic heterocycles. The van der Waals surface area contributed by atoms with Gasteiger partial charge in [0.25, 0.3) is 0 Å². The Labute approximate surface area is 180 Å². The summed E-state index contributed by atoms with van der Waals surface area (Å²) in [5.41, 5.74) is 6.63. The Kier molecular flexibility index (Phi) is 4.00. The molecule has 5 heterocycles. The van der Waals surface area contributed by atoms with E-state index in [9.17, 15) is 4.39 Å². The Morgan fingerprint density at radius 1 is 0.875 bits per heavy atom. The summed E-state index contributed by atoms with van der Waals surface area (Å²) in [6, 6.07) is 8.75. The second-order valence-electron chi connectivity index (χ2n) is 7.48. The van der Waals surface area contributed by atoms with Gasteiger partial charge < -0.3 is 4.98 Å². The second-order valence-corrected chi connectivity index (χ2v) is 7.48. The van der Waals surface area contributed by atoms with Gasteiger partial charge in [-0.3, -0.25) is 5.10 Å². The molecule has 0 unspecified atom stereocenters. The molecule has 0 aliphatic rings. The van der Waals surface area contributed by atoms with Gasteiger partial charge in [-0.15, -0.1) is 0 Å². The maximum Gasteiger partial charge on any atom is 0.181 e. The molecule has 0 radical (unpaired) electrons. The van der Waals surface area contributed by atoms with E-state index in [0.717, 1.165) is 38.7 Å². The fourth-order valence-corrected chi connectivity index (χ4v) is 3.85. The number of pyridine rings is 2. The molecule has 1 aromatic carbocycles. The molecule has 8 nitrogen and oxygen atoms in total. The highest BCUT2D eigenvalue weighted by atomic mass is 19.1. The normalized spacial score (nSPS) is 11.4. The molecule has 0 atom stereocenters. The lowest BCUT2D eigenvalue weighted by Gasteiger charge is -2.04. The van der Waals surface area contributed by atoms with Crippen LogP contribution < -0.4 is 0 Å². The van der Waals surface area contributed by atoms with Crippen molar-refractivity contribution in [1.82, 2.24) is 40.1 Å². The van der Waals surface area contributed by atoms with E-state index < -0.39 is 0 Å². The van der Waals surface area contributed by atoms with E-state index >= 15 is 0 Å². The standard InChI is InChI=1S/C23H15FN8/c1-12-4-13(6-16(24)5-12)17-2-3-27-22-19(17)29-23(30-22)20-18-7-14(10-28-21(18)32-31-20)15-8-25-11-26-9-15/h2-11H,1H3,(H,27,29,30)(H,28,31,32). The van der Waals surface area contributed by atoms with Crippen molar-refractivity contribution in [3.8, 4) is 33.8 Å². The third-order valence-corrected chi connectivity index (χ3v) is 5.29. The zero-order valence-corrected chi connectivity index (χ0v) is 16.8. The topological polar surface area (TPSA) is 109 Å². The third kappa shape index (κ3) is 2.99. The molecule has 2 N–H and O–H groups in total. The Balaban J connectivity index is 1.52. The lowest BCUT2D eigenvalue weighted by Crippen LogP contribution is -1.86. The number of fused-ring (bicyclic) bond motifs is 2. The molecule has 9 heteroatoms. The van der Waals surface area contributed by atoms with Crippen LogP contribution in [0.3, 0.4) is 0 Å². The summed E-state index contributed by atoms with van der Waals surface area (Å²) in [5, 5.41) is 8.13. The first kappa shape index (κ1) is 18.3.